The Kier molecular flexibility index (Phi) is 4.26. The first kappa shape index (κ1) is 15.8. The molecule has 1 aliphatic rings. The van der Waals surface area contributed by atoms with E-state index >= 15 is 0 Å². The van der Waals surface area contributed by atoms with E-state index in [1.54, 1.807) is 13.0 Å². The molecule has 0 saturated heterocycles. The van der Waals surface area contributed by atoms with Crippen molar-refractivity contribution in [3.05, 3.63) is 57.5 Å². The first-order valence-corrected chi connectivity index (χ1v) is 8.07. The Morgan fingerprint density at radius 1 is 1.35 bits per heavy atom. The molecule has 3 rings (SSSR count). The van der Waals surface area contributed by atoms with Crippen molar-refractivity contribution in [2.75, 3.05) is 0 Å². The number of carbonyl (C=O) groups excluding carboxylic acids is 2. The Morgan fingerprint density at radius 3 is 2.83 bits per heavy atom. The summed E-state index contributed by atoms with van der Waals surface area (Å²) in [6.45, 7) is 3.65. The van der Waals surface area contributed by atoms with Crippen LogP contribution in [0.1, 0.15) is 63.6 Å². The van der Waals surface area contributed by atoms with Crippen molar-refractivity contribution >= 4 is 23.3 Å². The van der Waals surface area contributed by atoms with Gasteiger partial charge in [0.15, 0.2) is 11.5 Å². The molecule has 0 radical (unpaired) electrons. The summed E-state index contributed by atoms with van der Waals surface area (Å²) >= 11 is 5.98. The Balaban J connectivity index is 1.83. The summed E-state index contributed by atoms with van der Waals surface area (Å²) in [6, 6.07) is 7.14. The molecular weight excluding hydrogens is 314 g/mol. The molecule has 1 aliphatic carbocycles. The van der Waals surface area contributed by atoms with Crippen LogP contribution in [0.4, 0.5) is 0 Å². The molecule has 5 heteroatoms. The third-order valence-electron chi connectivity index (χ3n) is 4.21. The summed E-state index contributed by atoms with van der Waals surface area (Å²) in [5.74, 6) is 0.630. The summed E-state index contributed by atoms with van der Waals surface area (Å²) in [6.07, 6.45) is 2.01. The van der Waals surface area contributed by atoms with Crippen LogP contribution in [0.2, 0.25) is 5.02 Å². The highest BCUT2D eigenvalue weighted by molar-refractivity contribution is 6.30. The molecule has 0 aliphatic heterocycles. The standard InChI is InChI=1S/C18H18ClNO3/c1-10-16-14(21)7-4-8-15(16)23-17(10)18(22)20-11(2)12-5-3-6-13(19)9-12/h3,5-6,9,11H,4,7-8H2,1-2H3,(H,20,22)/t11-/m0/s1. The SMILES string of the molecule is Cc1c(C(=O)N[C@@H](C)c2cccc(Cl)c2)oc2c1C(=O)CCC2. The second kappa shape index (κ2) is 6.20. The van der Waals surface area contributed by atoms with Crippen LogP contribution in [0.25, 0.3) is 0 Å². The fourth-order valence-electron chi connectivity index (χ4n) is 2.99. The number of halogens is 1. The smallest absolute Gasteiger partial charge is 0.287 e. The van der Waals surface area contributed by atoms with E-state index in [0.717, 1.165) is 12.0 Å². The average Bonchev–Trinajstić information content (AvgIpc) is 2.85. The molecule has 1 atom stereocenters. The van der Waals surface area contributed by atoms with Crippen molar-refractivity contribution in [2.45, 2.75) is 39.2 Å². The first-order chi connectivity index (χ1) is 11.0. The minimum Gasteiger partial charge on any atom is -0.455 e. The van der Waals surface area contributed by atoms with E-state index in [-0.39, 0.29) is 23.5 Å². The van der Waals surface area contributed by atoms with E-state index in [4.69, 9.17) is 16.0 Å². The van der Waals surface area contributed by atoms with Crippen molar-refractivity contribution in [3.8, 4) is 0 Å². The molecule has 1 aromatic heterocycles. The number of carbonyl (C=O) groups is 2. The van der Waals surface area contributed by atoms with Gasteiger partial charge < -0.3 is 9.73 Å². The molecule has 4 nitrogen and oxygen atoms in total. The van der Waals surface area contributed by atoms with Crippen LogP contribution in [0.5, 0.6) is 0 Å². The number of hydrogen-bond donors (Lipinski definition) is 1. The number of Topliss-reactive ketones (excluding diaryl/α,β-unsaturated/α-hetero) is 1. The van der Waals surface area contributed by atoms with Gasteiger partial charge in [-0.25, -0.2) is 0 Å². The highest BCUT2D eigenvalue weighted by atomic mass is 35.5. The van der Waals surface area contributed by atoms with Gasteiger partial charge in [0, 0.05) is 23.4 Å². The maximum atomic E-state index is 12.5. The fourth-order valence-corrected chi connectivity index (χ4v) is 3.19. The molecule has 1 N–H and O–H groups in total. The number of hydrogen-bond acceptors (Lipinski definition) is 3. The molecule has 1 aromatic carbocycles. The van der Waals surface area contributed by atoms with Gasteiger partial charge >= 0.3 is 0 Å². The van der Waals surface area contributed by atoms with E-state index in [1.807, 2.05) is 25.1 Å². The number of benzene rings is 1. The molecule has 0 saturated carbocycles. The topological polar surface area (TPSA) is 59.3 Å². The van der Waals surface area contributed by atoms with E-state index in [2.05, 4.69) is 5.32 Å². The van der Waals surface area contributed by atoms with E-state index in [1.165, 1.54) is 0 Å². The Hall–Kier alpha value is -2.07. The largest absolute Gasteiger partial charge is 0.455 e. The zero-order valence-electron chi connectivity index (χ0n) is 13.1. The molecule has 120 valence electrons. The van der Waals surface area contributed by atoms with Gasteiger partial charge in [-0.2, -0.15) is 0 Å². The van der Waals surface area contributed by atoms with Crippen LogP contribution in [-0.4, -0.2) is 11.7 Å². The monoisotopic (exact) mass is 331 g/mol. The summed E-state index contributed by atoms with van der Waals surface area (Å²) in [5, 5.41) is 3.53. The van der Waals surface area contributed by atoms with Gasteiger partial charge in [0.2, 0.25) is 0 Å². The van der Waals surface area contributed by atoms with Crippen molar-refractivity contribution < 1.29 is 14.0 Å². The number of nitrogens with one attached hydrogen (secondary N) is 1. The van der Waals surface area contributed by atoms with E-state index in [9.17, 15) is 9.59 Å². The molecule has 0 bridgehead atoms. The van der Waals surface area contributed by atoms with Gasteiger partial charge in [-0.05, 0) is 38.0 Å². The minimum atomic E-state index is -0.308. The zero-order chi connectivity index (χ0) is 16.6. The third-order valence-corrected chi connectivity index (χ3v) is 4.44. The number of fused-ring (bicyclic) bond motifs is 1. The molecule has 1 amide bonds. The lowest BCUT2D eigenvalue weighted by molar-refractivity contribution is 0.0906. The van der Waals surface area contributed by atoms with Crippen molar-refractivity contribution in [1.82, 2.24) is 5.32 Å². The van der Waals surface area contributed by atoms with E-state index < -0.39 is 0 Å². The van der Waals surface area contributed by atoms with Gasteiger partial charge in [-0.1, -0.05) is 23.7 Å². The molecule has 1 heterocycles. The van der Waals surface area contributed by atoms with Gasteiger partial charge in [0.05, 0.1) is 11.6 Å². The van der Waals surface area contributed by atoms with Gasteiger partial charge in [-0.3, -0.25) is 9.59 Å². The lowest BCUT2D eigenvalue weighted by Crippen LogP contribution is -2.26. The molecular formula is C18H18ClNO3. The van der Waals surface area contributed by atoms with Crippen LogP contribution >= 0.6 is 11.6 Å². The van der Waals surface area contributed by atoms with Crippen molar-refractivity contribution in [1.29, 1.82) is 0 Å². The number of furan rings is 1. The molecule has 0 unspecified atom stereocenters. The van der Waals surface area contributed by atoms with Crippen molar-refractivity contribution in [2.24, 2.45) is 0 Å². The number of aryl methyl sites for hydroxylation is 1. The van der Waals surface area contributed by atoms with E-state index in [0.29, 0.717) is 34.8 Å². The molecule has 0 spiro atoms. The molecule has 2 aromatic rings. The predicted octanol–water partition coefficient (Wildman–Crippen LogP) is 4.25. The van der Waals surface area contributed by atoms with Gasteiger partial charge in [0.1, 0.15) is 5.76 Å². The van der Waals surface area contributed by atoms with Gasteiger partial charge in [-0.15, -0.1) is 0 Å². The normalized spacial score (nSPS) is 15.2. The predicted molar refractivity (Wildman–Crippen MR) is 88.0 cm³/mol. The van der Waals surface area contributed by atoms with Gasteiger partial charge in [0.25, 0.3) is 5.91 Å². The quantitative estimate of drug-likeness (QED) is 0.914. The maximum Gasteiger partial charge on any atom is 0.287 e. The maximum absolute atomic E-state index is 12.5. The fraction of sp³-hybridized carbons (Fsp3) is 0.333. The molecule has 0 fully saturated rings. The van der Waals surface area contributed by atoms with Crippen LogP contribution in [0.3, 0.4) is 0 Å². The number of rotatable bonds is 3. The first-order valence-electron chi connectivity index (χ1n) is 7.69. The number of ketones is 1. The lowest BCUT2D eigenvalue weighted by atomic mass is 9.94. The number of amides is 1. The Bertz CT molecular complexity index is 779. The lowest BCUT2D eigenvalue weighted by Gasteiger charge is -2.14. The Labute approximate surface area is 139 Å². The minimum absolute atomic E-state index is 0.0643. The second-order valence-corrected chi connectivity index (χ2v) is 6.32. The third kappa shape index (κ3) is 3.04. The van der Waals surface area contributed by atoms with Crippen LogP contribution in [-0.2, 0) is 6.42 Å². The average molecular weight is 332 g/mol. The summed E-state index contributed by atoms with van der Waals surface area (Å²) in [4.78, 5) is 24.5. The van der Waals surface area contributed by atoms with Crippen LogP contribution in [0.15, 0.2) is 28.7 Å². The van der Waals surface area contributed by atoms with Crippen LogP contribution < -0.4 is 5.32 Å². The summed E-state index contributed by atoms with van der Waals surface area (Å²) in [7, 11) is 0. The molecule has 23 heavy (non-hydrogen) atoms. The second-order valence-electron chi connectivity index (χ2n) is 5.88. The highest BCUT2D eigenvalue weighted by Crippen LogP contribution is 2.29. The summed E-state index contributed by atoms with van der Waals surface area (Å²) < 4.78 is 5.67. The van der Waals surface area contributed by atoms with Crippen molar-refractivity contribution in [3.63, 3.8) is 0 Å². The van der Waals surface area contributed by atoms with Crippen LogP contribution in [0, 0.1) is 6.92 Å². The highest BCUT2D eigenvalue weighted by Gasteiger charge is 2.29. The summed E-state index contributed by atoms with van der Waals surface area (Å²) in [5.41, 5.74) is 2.15. The Morgan fingerprint density at radius 2 is 2.13 bits per heavy atom. The zero-order valence-corrected chi connectivity index (χ0v) is 13.9.